The van der Waals surface area contributed by atoms with Crippen LogP contribution in [0.5, 0.6) is 11.5 Å². The van der Waals surface area contributed by atoms with E-state index in [1.165, 1.54) is 24.3 Å². The van der Waals surface area contributed by atoms with Gasteiger partial charge in [-0.25, -0.2) is 0 Å². The van der Waals surface area contributed by atoms with Crippen molar-refractivity contribution >= 4 is 11.6 Å². The molecule has 0 aliphatic rings. The van der Waals surface area contributed by atoms with E-state index in [4.69, 9.17) is 5.26 Å². The van der Waals surface area contributed by atoms with Gasteiger partial charge in [0.1, 0.15) is 23.1 Å². The molecule has 0 bridgehead atoms. The van der Waals surface area contributed by atoms with Crippen LogP contribution in [0.25, 0.3) is 11.6 Å². The minimum absolute atomic E-state index is 0.0144. The molecule has 1 aromatic carbocycles. The first kappa shape index (κ1) is 10.6. The van der Waals surface area contributed by atoms with Crippen molar-refractivity contribution in [2.75, 3.05) is 0 Å². The number of hydrogen-bond donors (Lipinski definition) is 3. The number of nitriles is 1. The highest BCUT2D eigenvalue weighted by Gasteiger charge is 2.08. The van der Waals surface area contributed by atoms with Crippen LogP contribution in [-0.4, -0.2) is 30.8 Å². The van der Waals surface area contributed by atoms with E-state index in [1.54, 1.807) is 0 Å². The van der Waals surface area contributed by atoms with E-state index in [2.05, 4.69) is 20.6 Å². The highest BCUT2D eigenvalue weighted by atomic mass is 16.3. The van der Waals surface area contributed by atoms with Crippen LogP contribution in [0.3, 0.4) is 0 Å². The Morgan fingerprint density at radius 1 is 1.41 bits per heavy atom. The molecule has 1 heterocycles. The number of H-pyrrole nitrogens is 1. The largest absolute Gasteiger partial charge is 0.508 e. The second kappa shape index (κ2) is 4.32. The summed E-state index contributed by atoms with van der Waals surface area (Å²) >= 11 is 0. The summed E-state index contributed by atoms with van der Waals surface area (Å²) in [6.45, 7) is 0. The Bertz CT molecular complexity index is 598. The van der Waals surface area contributed by atoms with Gasteiger partial charge in [-0.2, -0.15) is 10.5 Å². The normalized spacial score (nSPS) is 11.1. The number of benzene rings is 1. The Hall–Kier alpha value is -2.88. The van der Waals surface area contributed by atoms with E-state index in [0.717, 1.165) is 0 Å². The molecule has 7 heteroatoms. The number of tetrazole rings is 1. The second-order valence-corrected chi connectivity index (χ2v) is 3.15. The summed E-state index contributed by atoms with van der Waals surface area (Å²) in [7, 11) is 0. The number of nitrogens with one attached hydrogen (secondary N) is 1. The smallest absolute Gasteiger partial charge is 0.215 e. The molecule has 0 fully saturated rings. The van der Waals surface area contributed by atoms with Crippen LogP contribution in [0.4, 0.5) is 0 Å². The predicted molar refractivity (Wildman–Crippen MR) is 57.4 cm³/mol. The summed E-state index contributed by atoms with van der Waals surface area (Å²) in [5.41, 5.74) is 0.422. The standard InChI is InChI=1S/C10H7N5O2/c11-5-7(10-12-14-15-13-10)3-6-4-8(16)1-2-9(6)17/h1-4,16-17H,(H,12,13,14,15). The molecule has 2 aromatic rings. The number of aromatic amines is 1. The van der Waals surface area contributed by atoms with Gasteiger partial charge in [-0.15, -0.1) is 10.2 Å². The van der Waals surface area contributed by atoms with Gasteiger partial charge in [0, 0.05) is 5.56 Å². The van der Waals surface area contributed by atoms with Crippen molar-refractivity contribution in [1.82, 2.24) is 20.6 Å². The Balaban J connectivity index is 2.48. The summed E-state index contributed by atoms with van der Waals surface area (Å²) < 4.78 is 0. The Morgan fingerprint density at radius 2 is 2.24 bits per heavy atom. The molecule has 0 aliphatic carbocycles. The molecular formula is C10H7N5O2. The predicted octanol–water partition coefficient (Wildman–Crippen LogP) is 0.675. The van der Waals surface area contributed by atoms with Crippen molar-refractivity contribution in [2.24, 2.45) is 0 Å². The molecule has 17 heavy (non-hydrogen) atoms. The number of allylic oxidation sites excluding steroid dienone is 1. The molecule has 0 unspecified atom stereocenters. The number of nitrogens with zero attached hydrogens (tertiary/aromatic N) is 4. The van der Waals surface area contributed by atoms with Gasteiger partial charge in [0.2, 0.25) is 5.82 Å². The fourth-order valence-electron chi connectivity index (χ4n) is 1.24. The maximum absolute atomic E-state index is 9.55. The van der Waals surface area contributed by atoms with Gasteiger partial charge in [0.15, 0.2) is 0 Å². The molecule has 0 aliphatic heterocycles. The number of aromatic nitrogens is 4. The highest BCUT2D eigenvalue weighted by molar-refractivity contribution is 5.88. The molecular weight excluding hydrogens is 222 g/mol. The van der Waals surface area contributed by atoms with E-state index in [9.17, 15) is 10.2 Å². The van der Waals surface area contributed by atoms with E-state index in [0.29, 0.717) is 5.56 Å². The summed E-state index contributed by atoms with van der Waals surface area (Å²) in [6.07, 6.45) is 1.36. The third kappa shape index (κ3) is 2.21. The van der Waals surface area contributed by atoms with Crippen LogP contribution in [0.2, 0.25) is 0 Å². The van der Waals surface area contributed by atoms with Gasteiger partial charge < -0.3 is 10.2 Å². The number of phenolic OH excluding ortho intramolecular Hbond substituents is 2. The molecule has 2 rings (SSSR count). The number of phenols is 2. The number of hydrogen-bond acceptors (Lipinski definition) is 6. The number of rotatable bonds is 2. The topological polar surface area (TPSA) is 119 Å². The van der Waals surface area contributed by atoms with Crippen LogP contribution in [-0.2, 0) is 0 Å². The van der Waals surface area contributed by atoms with Crippen LogP contribution in [0, 0.1) is 11.3 Å². The lowest BCUT2D eigenvalue weighted by atomic mass is 10.1. The van der Waals surface area contributed by atoms with Gasteiger partial charge in [-0.05, 0) is 29.5 Å². The fourth-order valence-corrected chi connectivity index (χ4v) is 1.24. The van der Waals surface area contributed by atoms with E-state index in [1.807, 2.05) is 6.07 Å². The molecule has 0 spiro atoms. The molecule has 0 amide bonds. The second-order valence-electron chi connectivity index (χ2n) is 3.15. The first-order valence-corrected chi connectivity index (χ1v) is 4.58. The van der Waals surface area contributed by atoms with Crippen LogP contribution in [0.1, 0.15) is 11.4 Å². The minimum atomic E-state index is -0.0564. The Labute approximate surface area is 95.6 Å². The van der Waals surface area contributed by atoms with Crippen molar-refractivity contribution < 1.29 is 10.2 Å². The first-order valence-electron chi connectivity index (χ1n) is 4.58. The van der Waals surface area contributed by atoms with Crippen molar-refractivity contribution in [1.29, 1.82) is 5.26 Å². The van der Waals surface area contributed by atoms with E-state index < -0.39 is 0 Å². The molecule has 7 nitrogen and oxygen atoms in total. The zero-order valence-electron chi connectivity index (χ0n) is 8.49. The van der Waals surface area contributed by atoms with Gasteiger partial charge in [0.25, 0.3) is 0 Å². The Kier molecular flexibility index (Phi) is 2.70. The lowest BCUT2D eigenvalue weighted by Gasteiger charge is -2.00. The first-order chi connectivity index (χ1) is 8.20. The third-order valence-electron chi connectivity index (χ3n) is 2.02. The quantitative estimate of drug-likeness (QED) is 0.514. The zero-order valence-corrected chi connectivity index (χ0v) is 8.49. The molecule has 0 saturated heterocycles. The average Bonchev–Trinajstić information content (AvgIpc) is 2.84. The van der Waals surface area contributed by atoms with Gasteiger partial charge >= 0.3 is 0 Å². The maximum atomic E-state index is 9.55. The number of aromatic hydroxyl groups is 2. The van der Waals surface area contributed by atoms with Crippen molar-refractivity contribution in [3.05, 3.63) is 29.6 Å². The molecule has 84 valence electrons. The van der Waals surface area contributed by atoms with Crippen molar-refractivity contribution in [3.8, 4) is 17.6 Å². The molecule has 0 radical (unpaired) electrons. The molecule has 0 atom stereocenters. The summed E-state index contributed by atoms with van der Waals surface area (Å²) in [5.74, 6) is 0.0498. The monoisotopic (exact) mass is 229 g/mol. The van der Waals surface area contributed by atoms with Gasteiger partial charge in [-0.3, -0.25) is 0 Å². The highest BCUT2D eigenvalue weighted by Crippen LogP contribution is 2.25. The summed E-state index contributed by atoms with van der Waals surface area (Å²) in [5, 5.41) is 40.6. The zero-order chi connectivity index (χ0) is 12.3. The average molecular weight is 229 g/mol. The lowest BCUT2D eigenvalue weighted by molar-refractivity contribution is 0.459. The lowest BCUT2D eigenvalue weighted by Crippen LogP contribution is -1.86. The summed E-state index contributed by atoms with van der Waals surface area (Å²) in [6, 6.07) is 5.88. The molecule has 3 N–H and O–H groups in total. The van der Waals surface area contributed by atoms with Crippen LogP contribution >= 0.6 is 0 Å². The summed E-state index contributed by atoms with van der Waals surface area (Å²) in [4.78, 5) is 0. The van der Waals surface area contributed by atoms with Crippen LogP contribution < -0.4 is 0 Å². The van der Waals surface area contributed by atoms with Gasteiger partial charge in [0.05, 0.1) is 0 Å². The molecule has 0 saturated carbocycles. The van der Waals surface area contributed by atoms with E-state index >= 15 is 0 Å². The Morgan fingerprint density at radius 3 is 2.88 bits per heavy atom. The van der Waals surface area contributed by atoms with Crippen LogP contribution in [0.15, 0.2) is 18.2 Å². The SMILES string of the molecule is N#CC(=Cc1cc(O)ccc1O)c1nn[nH]n1. The maximum Gasteiger partial charge on any atom is 0.215 e. The minimum Gasteiger partial charge on any atom is -0.508 e. The van der Waals surface area contributed by atoms with E-state index in [-0.39, 0.29) is 22.9 Å². The van der Waals surface area contributed by atoms with Crippen molar-refractivity contribution in [3.63, 3.8) is 0 Å². The molecule has 1 aromatic heterocycles. The van der Waals surface area contributed by atoms with Crippen molar-refractivity contribution in [2.45, 2.75) is 0 Å². The van der Waals surface area contributed by atoms with Gasteiger partial charge in [-0.1, -0.05) is 0 Å². The fraction of sp³-hybridized carbons (Fsp3) is 0. The third-order valence-corrected chi connectivity index (χ3v) is 2.02.